The lowest BCUT2D eigenvalue weighted by atomic mass is 9.86. The lowest BCUT2D eigenvalue weighted by Gasteiger charge is -2.25. The Balaban J connectivity index is 1.87. The van der Waals surface area contributed by atoms with E-state index in [1.807, 2.05) is 18.8 Å². The molecule has 0 amide bonds. The highest BCUT2D eigenvalue weighted by atomic mass is 32.2. The summed E-state index contributed by atoms with van der Waals surface area (Å²) in [6.07, 6.45) is 4.71. The molecule has 0 spiro atoms. The Hall–Kier alpha value is -0.550. The smallest absolute Gasteiger partial charge is 0.229 e. The Labute approximate surface area is 120 Å². The van der Waals surface area contributed by atoms with Gasteiger partial charge in [0.15, 0.2) is 5.82 Å². The Bertz CT molecular complexity index is 392. The van der Waals surface area contributed by atoms with Crippen LogP contribution in [0.4, 0.5) is 0 Å². The maximum atomic E-state index is 5.44. The molecule has 2 rings (SSSR count). The van der Waals surface area contributed by atoms with Crippen molar-refractivity contribution in [3.63, 3.8) is 0 Å². The average Bonchev–Trinajstić information content (AvgIpc) is 2.84. The van der Waals surface area contributed by atoms with Gasteiger partial charge in [-0.1, -0.05) is 25.9 Å². The van der Waals surface area contributed by atoms with Crippen LogP contribution in [0.3, 0.4) is 0 Å². The van der Waals surface area contributed by atoms with E-state index in [-0.39, 0.29) is 4.75 Å². The molecule has 0 unspecified atom stereocenters. The van der Waals surface area contributed by atoms with Crippen LogP contribution >= 0.6 is 11.8 Å². The molecular formula is C14H25N3OS. The minimum absolute atomic E-state index is 0.242. The predicted octanol–water partition coefficient (Wildman–Crippen LogP) is 3.35. The van der Waals surface area contributed by atoms with Crippen LogP contribution in [0.25, 0.3) is 0 Å². The van der Waals surface area contributed by atoms with E-state index in [2.05, 4.69) is 36.2 Å². The van der Waals surface area contributed by atoms with Gasteiger partial charge in [0.2, 0.25) is 5.89 Å². The van der Waals surface area contributed by atoms with Gasteiger partial charge in [-0.25, -0.2) is 0 Å². The number of thioether (sulfide) groups is 1. The number of hydrogen-bond donors (Lipinski definition) is 1. The van der Waals surface area contributed by atoms with E-state index in [0.717, 1.165) is 30.3 Å². The molecular weight excluding hydrogens is 258 g/mol. The number of hydrogen-bond acceptors (Lipinski definition) is 5. The molecule has 1 aromatic rings. The van der Waals surface area contributed by atoms with E-state index < -0.39 is 0 Å². The van der Waals surface area contributed by atoms with Crippen LogP contribution in [0.1, 0.15) is 64.1 Å². The van der Waals surface area contributed by atoms with Crippen LogP contribution in [0.5, 0.6) is 0 Å². The molecule has 0 saturated heterocycles. The molecule has 0 bridgehead atoms. The largest absolute Gasteiger partial charge is 0.339 e. The van der Waals surface area contributed by atoms with Crippen LogP contribution in [0.2, 0.25) is 0 Å². The van der Waals surface area contributed by atoms with Crippen LogP contribution in [0.15, 0.2) is 4.52 Å². The van der Waals surface area contributed by atoms with Crippen molar-refractivity contribution in [2.45, 2.75) is 68.9 Å². The number of aromatic nitrogens is 2. The fourth-order valence-corrected chi connectivity index (χ4v) is 3.08. The zero-order valence-electron chi connectivity index (χ0n) is 12.4. The highest BCUT2D eigenvalue weighted by molar-refractivity contribution is 7.99. The Morgan fingerprint density at radius 1 is 1.26 bits per heavy atom. The van der Waals surface area contributed by atoms with Gasteiger partial charge in [0.1, 0.15) is 0 Å². The van der Waals surface area contributed by atoms with Gasteiger partial charge in [-0.2, -0.15) is 4.98 Å². The van der Waals surface area contributed by atoms with E-state index in [4.69, 9.17) is 4.52 Å². The molecule has 1 heterocycles. The summed E-state index contributed by atoms with van der Waals surface area (Å²) in [5.74, 6) is 2.98. The van der Waals surface area contributed by atoms with Crippen molar-refractivity contribution >= 4 is 11.8 Å². The Morgan fingerprint density at radius 2 is 1.95 bits per heavy atom. The second-order valence-corrected chi connectivity index (χ2v) is 8.09. The molecule has 1 N–H and O–H groups in total. The third kappa shape index (κ3) is 4.49. The zero-order chi connectivity index (χ0) is 13.9. The first-order valence-electron chi connectivity index (χ1n) is 7.11. The maximum absolute atomic E-state index is 5.44. The highest BCUT2D eigenvalue weighted by Crippen LogP contribution is 2.32. The van der Waals surface area contributed by atoms with Gasteiger partial charge in [-0.05, 0) is 32.7 Å². The van der Waals surface area contributed by atoms with Gasteiger partial charge < -0.3 is 9.84 Å². The molecule has 1 saturated carbocycles. The quantitative estimate of drug-likeness (QED) is 0.918. The SMILES string of the molecule is CNC1CCC(c2nc(CSC(C)(C)C)no2)CC1. The second-order valence-electron chi connectivity index (χ2n) is 6.29. The third-order valence-electron chi connectivity index (χ3n) is 3.60. The first-order valence-corrected chi connectivity index (χ1v) is 8.10. The third-order valence-corrected chi connectivity index (χ3v) is 4.87. The van der Waals surface area contributed by atoms with Crippen LogP contribution in [-0.2, 0) is 5.75 Å². The molecule has 1 fully saturated rings. The van der Waals surface area contributed by atoms with Crippen molar-refractivity contribution in [3.05, 3.63) is 11.7 Å². The lowest BCUT2D eigenvalue weighted by molar-refractivity contribution is 0.288. The van der Waals surface area contributed by atoms with Gasteiger partial charge in [0.25, 0.3) is 0 Å². The summed E-state index contributed by atoms with van der Waals surface area (Å²) in [6.45, 7) is 6.62. The van der Waals surface area contributed by atoms with Gasteiger partial charge in [0, 0.05) is 16.7 Å². The summed E-state index contributed by atoms with van der Waals surface area (Å²) >= 11 is 1.86. The molecule has 19 heavy (non-hydrogen) atoms. The first kappa shape index (κ1) is 14.9. The topological polar surface area (TPSA) is 51.0 Å². The number of nitrogens with zero attached hydrogens (tertiary/aromatic N) is 2. The fraction of sp³-hybridized carbons (Fsp3) is 0.857. The highest BCUT2D eigenvalue weighted by Gasteiger charge is 2.25. The van der Waals surface area contributed by atoms with E-state index in [1.165, 1.54) is 12.8 Å². The molecule has 1 aliphatic carbocycles. The minimum atomic E-state index is 0.242. The molecule has 0 aromatic carbocycles. The molecule has 0 atom stereocenters. The summed E-state index contributed by atoms with van der Waals surface area (Å²) < 4.78 is 5.69. The molecule has 1 aliphatic rings. The first-order chi connectivity index (χ1) is 8.98. The standard InChI is InChI=1S/C14H25N3OS/c1-14(2,3)19-9-12-16-13(18-17-12)10-5-7-11(15-4)8-6-10/h10-11,15H,5-9H2,1-4H3. The normalized spacial score (nSPS) is 24.6. The summed E-state index contributed by atoms with van der Waals surface area (Å²) in [6, 6.07) is 0.662. The van der Waals surface area contributed by atoms with Crippen molar-refractivity contribution in [1.29, 1.82) is 0 Å². The Morgan fingerprint density at radius 3 is 2.53 bits per heavy atom. The molecule has 1 aromatic heterocycles. The van der Waals surface area contributed by atoms with E-state index >= 15 is 0 Å². The van der Waals surface area contributed by atoms with Crippen LogP contribution < -0.4 is 5.32 Å². The summed E-state index contributed by atoms with van der Waals surface area (Å²) in [5.41, 5.74) is 0. The maximum Gasteiger partial charge on any atom is 0.229 e. The molecule has 0 aliphatic heterocycles. The molecule has 4 nitrogen and oxygen atoms in total. The zero-order valence-corrected chi connectivity index (χ0v) is 13.2. The minimum Gasteiger partial charge on any atom is -0.339 e. The van der Waals surface area contributed by atoms with Gasteiger partial charge in [-0.3, -0.25) is 0 Å². The van der Waals surface area contributed by atoms with E-state index in [1.54, 1.807) is 0 Å². The van der Waals surface area contributed by atoms with E-state index in [0.29, 0.717) is 12.0 Å². The summed E-state index contributed by atoms with van der Waals surface area (Å²) in [7, 11) is 2.04. The fourth-order valence-electron chi connectivity index (χ4n) is 2.40. The van der Waals surface area contributed by atoms with Crippen molar-refractivity contribution in [3.8, 4) is 0 Å². The monoisotopic (exact) mass is 283 g/mol. The summed E-state index contributed by atoms with van der Waals surface area (Å²) in [5, 5.41) is 7.46. The van der Waals surface area contributed by atoms with Crippen LogP contribution in [0, 0.1) is 0 Å². The second kappa shape index (κ2) is 6.27. The predicted molar refractivity (Wildman–Crippen MR) is 79.4 cm³/mol. The lowest BCUT2D eigenvalue weighted by Crippen LogP contribution is -2.29. The number of nitrogens with one attached hydrogen (secondary N) is 1. The van der Waals surface area contributed by atoms with Crippen molar-refractivity contribution in [2.75, 3.05) is 7.05 Å². The van der Waals surface area contributed by atoms with Crippen LogP contribution in [-0.4, -0.2) is 28.0 Å². The van der Waals surface area contributed by atoms with Gasteiger partial charge in [0.05, 0.1) is 5.75 Å². The van der Waals surface area contributed by atoms with Crippen molar-refractivity contribution < 1.29 is 4.52 Å². The molecule has 108 valence electrons. The van der Waals surface area contributed by atoms with Gasteiger partial charge in [-0.15, -0.1) is 11.8 Å². The van der Waals surface area contributed by atoms with E-state index in [9.17, 15) is 0 Å². The summed E-state index contributed by atoms with van der Waals surface area (Å²) in [4.78, 5) is 4.57. The van der Waals surface area contributed by atoms with Crippen molar-refractivity contribution in [1.82, 2.24) is 15.5 Å². The van der Waals surface area contributed by atoms with Gasteiger partial charge >= 0.3 is 0 Å². The number of rotatable bonds is 4. The van der Waals surface area contributed by atoms with Crippen molar-refractivity contribution in [2.24, 2.45) is 0 Å². The molecule has 0 radical (unpaired) electrons. The average molecular weight is 283 g/mol. The molecule has 5 heteroatoms. The Kier molecular flexibility index (Phi) is 4.90.